The fourth-order valence-electron chi connectivity index (χ4n) is 1.89. The minimum absolute atomic E-state index is 0.0237. The molecular formula is C15H17NO2S. The number of hydrogen-bond donors (Lipinski definition) is 2. The zero-order chi connectivity index (χ0) is 13.8. The van der Waals surface area contributed by atoms with E-state index in [2.05, 4.69) is 5.32 Å². The minimum Gasteiger partial charge on any atom is -0.508 e. The summed E-state index contributed by atoms with van der Waals surface area (Å²) < 4.78 is 0. The van der Waals surface area contributed by atoms with Crippen molar-refractivity contribution in [3.05, 3.63) is 51.7 Å². The molecule has 4 heteroatoms. The predicted octanol–water partition coefficient (Wildman–Crippen LogP) is 3.12. The highest BCUT2D eigenvalue weighted by Gasteiger charge is 2.11. The number of carbonyl (C=O) groups is 1. The van der Waals surface area contributed by atoms with Gasteiger partial charge in [-0.25, -0.2) is 0 Å². The number of phenolic OH excluding ortho intramolecular Hbond substituents is 1. The molecule has 0 aliphatic carbocycles. The van der Waals surface area contributed by atoms with E-state index < -0.39 is 0 Å². The van der Waals surface area contributed by atoms with Crippen molar-refractivity contribution in [2.24, 2.45) is 0 Å². The molecule has 2 rings (SSSR count). The van der Waals surface area contributed by atoms with Crippen LogP contribution in [0.25, 0.3) is 0 Å². The van der Waals surface area contributed by atoms with Crippen molar-refractivity contribution in [1.82, 2.24) is 5.32 Å². The number of thiophene rings is 1. The Balaban J connectivity index is 1.92. The van der Waals surface area contributed by atoms with E-state index in [0.29, 0.717) is 0 Å². The number of hydrogen-bond acceptors (Lipinski definition) is 3. The van der Waals surface area contributed by atoms with Gasteiger partial charge in [0.15, 0.2) is 0 Å². The Kier molecular flexibility index (Phi) is 4.22. The van der Waals surface area contributed by atoms with E-state index >= 15 is 0 Å². The van der Waals surface area contributed by atoms with Crippen LogP contribution in [-0.4, -0.2) is 17.1 Å². The van der Waals surface area contributed by atoms with Crippen molar-refractivity contribution >= 4 is 17.2 Å². The molecule has 0 aliphatic rings. The number of nitrogens with one attached hydrogen (secondary N) is 1. The van der Waals surface area contributed by atoms with E-state index in [1.165, 1.54) is 11.3 Å². The zero-order valence-corrected chi connectivity index (χ0v) is 11.8. The van der Waals surface area contributed by atoms with Crippen LogP contribution < -0.4 is 5.32 Å². The number of aromatic hydroxyl groups is 1. The van der Waals surface area contributed by atoms with Gasteiger partial charge in [-0.05, 0) is 50.1 Å². The van der Waals surface area contributed by atoms with Crippen LogP contribution in [0.15, 0.2) is 36.4 Å². The Morgan fingerprint density at radius 1 is 1.26 bits per heavy atom. The maximum atomic E-state index is 12.0. The summed E-state index contributed by atoms with van der Waals surface area (Å²) in [4.78, 5) is 13.9. The van der Waals surface area contributed by atoms with Gasteiger partial charge < -0.3 is 10.4 Å². The zero-order valence-electron chi connectivity index (χ0n) is 11.0. The van der Waals surface area contributed by atoms with Gasteiger partial charge in [-0.2, -0.15) is 0 Å². The van der Waals surface area contributed by atoms with Gasteiger partial charge in [-0.1, -0.05) is 12.1 Å². The molecule has 0 bridgehead atoms. The summed E-state index contributed by atoms with van der Waals surface area (Å²) in [5.74, 6) is 0.235. The number of carbonyl (C=O) groups excluding carboxylic acids is 1. The fraction of sp³-hybridized carbons (Fsp3) is 0.267. The van der Waals surface area contributed by atoms with Crippen LogP contribution >= 0.6 is 11.3 Å². The number of amides is 1. The van der Waals surface area contributed by atoms with Crippen molar-refractivity contribution in [1.29, 1.82) is 0 Å². The highest BCUT2D eigenvalue weighted by Crippen LogP contribution is 2.15. The summed E-state index contributed by atoms with van der Waals surface area (Å²) in [6.45, 7) is 3.96. The topological polar surface area (TPSA) is 49.3 Å². The summed E-state index contributed by atoms with van der Waals surface area (Å²) >= 11 is 1.50. The van der Waals surface area contributed by atoms with Crippen LogP contribution in [0.4, 0.5) is 0 Å². The van der Waals surface area contributed by atoms with Gasteiger partial charge in [-0.3, -0.25) is 4.79 Å². The first-order chi connectivity index (χ1) is 9.04. The molecule has 0 saturated heterocycles. The first kappa shape index (κ1) is 13.6. The highest BCUT2D eigenvalue weighted by atomic mass is 32.1. The average Bonchev–Trinajstić information content (AvgIpc) is 2.79. The van der Waals surface area contributed by atoms with Gasteiger partial charge in [0.05, 0.1) is 4.88 Å². The molecular weight excluding hydrogens is 258 g/mol. The summed E-state index contributed by atoms with van der Waals surface area (Å²) in [6.07, 6.45) is 0.746. The summed E-state index contributed by atoms with van der Waals surface area (Å²) in [5, 5.41) is 12.2. The third kappa shape index (κ3) is 3.83. The summed E-state index contributed by atoms with van der Waals surface area (Å²) in [5.41, 5.74) is 1.09. The molecule has 1 amide bonds. The lowest BCUT2D eigenvalue weighted by molar-refractivity contribution is 0.0944. The van der Waals surface area contributed by atoms with Crippen LogP contribution in [-0.2, 0) is 6.42 Å². The number of phenols is 1. The molecule has 19 heavy (non-hydrogen) atoms. The third-order valence-corrected chi connectivity index (χ3v) is 3.82. The molecule has 3 nitrogen and oxygen atoms in total. The second-order valence-electron chi connectivity index (χ2n) is 4.66. The smallest absolute Gasteiger partial charge is 0.261 e. The quantitative estimate of drug-likeness (QED) is 0.900. The lowest BCUT2D eigenvalue weighted by Crippen LogP contribution is -2.33. The average molecular weight is 275 g/mol. The monoisotopic (exact) mass is 275 g/mol. The molecule has 1 atom stereocenters. The van der Waals surface area contributed by atoms with Crippen LogP contribution in [0.1, 0.15) is 27.0 Å². The normalized spacial score (nSPS) is 12.1. The van der Waals surface area contributed by atoms with E-state index in [-0.39, 0.29) is 17.7 Å². The van der Waals surface area contributed by atoms with Crippen molar-refractivity contribution < 1.29 is 9.90 Å². The Morgan fingerprint density at radius 2 is 1.95 bits per heavy atom. The summed E-state index contributed by atoms with van der Waals surface area (Å²) in [7, 11) is 0. The molecule has 1 unspecified atom stereocenters. The lowest BCUT2D eigenvalue weighted by Gasteiger charge is -2.13. The van der Waals surface area contributed by atoms with E-state index in [9.17, 15) is 9.90 Å². The number of aryl methyl sites for hydroxylation is 1. The van der Waals surface area contributed by atoms with E-state index in [0.717, 1.165) is 21.7 Å². The van der Waals surface area contributed by atoms with Gasteiger partial charge in [0.1, 0.15) is 5.75 Å². The van der Waals surface area contributed by atoms with Crippen LogP contribution in [0.2, 0.25) is 0 Å². The number of benzene rings is 1. The highest BCUT2D eigenvalue weighted by molar-refractivity contribution is 7.13. The third-order valence-electron chi connectivity index (χ3n) is 2.82. The van der Waals surface area contributed by atoms with Gasteiger partial charge in [0.25, 0.3) is 5.91 Å². The van der Waals surface area contributed by atoms with Crippen molar-refractivity contribution in [2.45, 2.75) is 26.3 Å². The van der Waals surface area contributed by atoms with Crippen molar-refractivity contribution in [3.8, 4) is 5.75 Å². The van der Waals surface area contributed by atoms with Crippen molar-refractivity contribution in [3.63, 3.8) is 0 Å². The first-order valence-corrected chi connectivity index (χ1v) is 7.01. The Bertz CT molecular complexity index is 560. The Morgan fingerprint density at radius 3 is 2.53 bits per heavy atom. The molecule has 1 heterocycles. The molecule has 2 aromatic rings. The molecule has 1 aromatic carbocycles. The number of rotatable bonds is 4. The van der Waals surface area contributed by atoms with E-state index in [4.69, 9.17) is 0 Å². The molecule has 0 aliphatic heterocycles. The maximum absolute atomic E-state index is 12.0. The lowest BCUT2D eigenvalue weighted by atomic mass is 10.1. The maximum Gasteiger partial charge on any atom is 0.261 e. The molecule has 0 radical (unpaired) electrons. The van der Waals surface area contributed by atoms with Gasteiger partial charge in [0.2, 0.25) is 0 Å². The summed E-state index contributed by atoms with van der Waals surface area (Å²) in [6, 6.07) is 10.9. The van der Waals surface area contributed by atoms with E-state index in [1.807, 2.05) is 38.1 Å². The fourth-order valence-corrected chi connectivity index (χ4v) is 2.66. The van der Waals surface area contributed by atoms with Crippen LogP contribution in [0, 0.1) is 6.92 Å². The molecule has 0 spiro atoms. The standard InChI is InChI=1S/C15H17NO2S/c1-10(9-12-4-6-13(17)7-5-12)16-15(18)14-8-3-11(2)19-14/h3-8,10,17H,9H2,1-2H3,(H,16,18). The molecule has 0 saturated carbocycles. The molecule has 100 valence electrons. The second-order valence-corrected chi connectivity index (χ2v) is 5.94. The predicted molar refractivity (Wildman–Crippen MR) is 77.8 cm³/mol. The molecule has 0 fully saturated rings. The van der Waals surface area contributed by atoms with Crippen LogP contribution in [0.5, 0.6) is 5.75 Å². The van der Waals surface area contributed by atoms with Gasteiger partial charge >= 0.3 is 0 Å². The van der Waals surface area contributed by atoms with Gasteiger partial charge in [-0.15, -0.1) is 11.3 Å². The largest absolute Gasteiger partial charge is 0.508 e. The van der Waals surface area contributed by atoms with Crippen LogP contribution in [0.3, 0.4) is 0 Å². The Hall–Kier alpha value is -1.81. The van der Waals surface area contributed by atoms with E-state index in [1.54, 1.807) is 12.1 Å². The SMILES string of the molecule is Cc1ccc(C(=O)NC(C)Cc2ccc(O)cc2)s1. The van der Waals surface area contributed by atoms with Crippen molar-refractivity contribution in [2.75, 3.05) is 0 Å². The van der Waals surface area contributed by atoms with Gasteiger partial charge in [0, 0.05) is 10.9 Å². The second kappa shape index (κ2) is 5.89. The minimum atomic E-state index is -0.0237. The molecule has 2 N–H and O–H groups in total. The first-order valence-electron chi connectivity index (χ1n) is 6.20. The molecule has 1 aromatic heterocycles. The Labute approximate surface area is 116 Å².